The van der Waals surface area contributed by atoms with Gasteiger partial charge in [0.1, 0.15) is 5.82 Å². The summed E-state index contributed by atoms with van der Waals surface area (Å²) in [6.45, 7) is 20.6. The molecule has 0 aliphatic heterocycles. The minimum atomic E-state index is -0.127. The molecule has 0 bridgehead atoms. The molecule has 478 valence electrons. The van der Waals surface area contributed by atoms with E-state index in [9.17, 15) is 0 Å². The number of rotatable bonds is 10. The summed E-state index contributed by atoms with van der Waals surface area (Å²) in [4.78, 5) is 38.7. The predicted octanol–water partition coefficient (Wildman–Crippen LogP) is 22.3. The first-order chi connectivity index (χ1) is 48.0. The Hall–Kier alpha value is -12.0. The SMILES string of the molecule is CC(C)(C)c1ccc2c(c1)c1ccccc1n2-c1cc(-c2ccc(-c3nc(-c4ccccc4)nc(-c4ccccc4)n3)c(-c3nc(-c4ccccc4)nc(-c4ccccc4)n3)c2)c(-n2c3ccccc3c3cc(C(C)(C)C)ccc32)c(-n2c3ccccc3c3cc(C(C)(C)C)ccc32)n1. The van der Waals surface area contributed by atoms with Crippen LogP contribution in [-0.4, -0.2) is 48.6 Å². The Morgan fingerprint density at radius 3 is 0.949 bits per heavy atom. The maximum Gasteiger partial charge on any atom is 0.165 e. The highest BCUT2D eigenvalue weighted by atomic mass is 15.2. The average molecular weight is 1280 g/mol. The van der Waals surface area contributed by atoms with E-state index in [4.69, 9.17) is 34.9 Å². The van der Waals surface area contributed by atoms with E-state index >= 15 is 0 Å². The molecule has 17 rings (SSSR count). The van der Waals surface area contributed by atoms with Crippen molar-refractivity contribution >= 4 is 65.4 Å². The lowest BCUT2D eigenvalue weighted by molar-refractivity contribution is 0.591. The monoisotopic (exact) mass is 1280 g/mol. The van der Waals surface area contributed by atoms with Gasteiger partial charge in [0.15, 0.2) is 40.8 Å². The molecule has 10 heteroatoms. The third-order valence-corrected chi connectivity index (χ3v) is 19.5. The van der Waals surface area contributed by atoms with Crippen LogP contribution in [0.4, 0.5) is 0 Å². The fraction of sp³-hybridized carbons (Fsp3) is 0.135. The summed E-state index contributed by atoms with van der Waals surface area (Å²) in [6, 6.07) is 97.0. The summed E-state index contributed by atoms with van der Waals surface area (Å²) in [5, 5.41) is 6.86. The second-order valence-corrected chi connectivity index (χ2v) is 29.0. The highest BCUT2D eigenvalue weighted by Gasteiger charge is 2.30. The Bertz CT molecular complexity index is 5910. The van der Waals surface area contributed by atoms with E-state index in [1.165, 1.54) is 16.7 Å². The number of aromatic nitrogens is 10. The summed E-state index contributed by atoms with van der Waals surface area (Å²) in [5.41, 5.74) is 17.1. The maximum atomic E-state index is 6.27. The summed E-state index contributed by atoms with van der Waals surface area (Å²) < 4.78 is 7.28. The van der Waals surface area contributed by atoms with Crippen molar-refractivity contribution in [3.63, 3.8) is 0 Å². The van der Waals surface area contributed by atoms with Crippen LogP contribution >= 0.6 is 0 Å². The molecule has 11 aromatic carbocycles. The summed E-state index contributed by atoms with van der Waals surface area (Å²) in [5.74, 6) is 4.52. The second-order valence-electron chi connectivity index (χ2n) is 29.0. The van der Waals surface area contributed by atoms with Crippen molar-refractivity contribution < 1.29 is 0 Å². The van der Waals surface area contributed by atoms with Crippen molar-refractivity contribution in [3.05, 3.63) is 290 Å². The molecule has 6 heterocycles. The molecule has 6 aromatic heterocycles. The summed E-state index contributed by atoms with van der Waals surface area (Å²) in [7, 11) is 0. The van der Waals surface area contributed by atoms with E-state index in [0.717, 1.165) is 116 Å². The number of pyridine rings is 1. The largest absolute Gasteiger partial charge is 0.305 e. The first-order valence-corrected chi connectivity index (χ1v) is 34.0. The van der Waals surface area contributed by atoms with E-state index in [1.807, 2.05) is 97.1 Å². The van der Waals surface area contributed by atoms with Crippen molar-refractivity contribution in [3.8, 4) is 96.8 Å². The molecule has 0 spiro atoms. The molecule has 0 unspecified atom stereocenters. The molecule has 0 atom stereocenters. The van der Waals surface area contributed by atoms with Crippen LogP contribution < -0.4 is 0 Å². The first kappa shape index (κ1) is 60.6. The lowest BCUT2D eigenvalue weighted by Gasteiger charge is -2.23. The smallest absolute Gasteiger partial charge is 0.165 e. The Labute approximate surface area is 575 Å². The zero-order valence-corrected chi connectivity index (χ0v) is 57.0. The molecule has 0 aliphatic carbocycles. The molecule has 0 saturated heterocycles. The highest BCUT2D eigenvalue weighted by molar-refractivity contribution is 6.14. The van der Waals surface area contributed by atoms with Crippen molar-refractivity contribution in [1.82, 2.24) is 48.6 Å². The van der Waals surface area contributed by atoms with Gasteiger partial charge in [-0.2, -0.15) is 0 Å². The van der Waals surface area contributed by atoms with Crippen molar-refractivity contribution in [2.75, 3.05) is 0 Å². The van der Waals surface area contributed by atoms with Crippen LogP contribution in [0, 0.1) is 0 Å². The van der Waals surface area contributed by atoms with Crippen LogP contribution in [0.1, 0.15) is 79.0 Å². The van der Waals surface area contributed by atoms with Gasteiger partial charge in [0.2, 0.25) is 0 Å². The molecule has 0 N–H and O–H groups in total. The molecular weight excluding hydrogens is 1210 g/mol. The van der Waals surface area contributed by atoms with Crippen LogP contribution in [0.3, 0.4) is 0 Å². The number of hydrogen-bond acceptors (Lipinski definition) is 7. The molecule has 17 aromatic rings. The Kier molecular flexibility index (Phi) is 14.3. The van der Waals surface area contributed by atoms with Crippen LogP contribution in [0.5, 0.6) is 0 Å². The Morgan fingerprint density at radius 1 is 0.222 bits per heavy atom. The zero-order valence-electron chi connectivity index (χ0n) is 57.0. The van der Waals surface area contributed by atoms with Crippen LogP contribution in [0.25, 0.3) is 162 Å². The molecule has 0 aliphatic rings. The van der Waals surface area contributed by atoms with Crippen LogP contribution in [0.15, 0.2) is 273 Å². The van der Waals surface area contributed by atoms with E-state index in [1.54, 1.807) is 0 Å². The molecule has 10 nitrogen and oxygen atoms in total. The van der Waals surface area contributed by atoms with Gasteiger partial charge < -0.3 is 4.57 Å². The van der Waals surface area contributed by atoms with Gasteiger partial charge in [-0.3, -0.25) is 9.13 Å². The minimum absolute atomic E-state index is 0.101. The van der Waals surface area contributed by atoms with Crippen LogP contribution in [0.2, 0.25) is 0 Å². The van der Waals surface area contributed by atoms with Gasteiger partial charge in [0.25, 0.3) is 0 Å². The first-order valence-electron chi connectivity index (χ1n) is 34.0. The molecule has 0 radical (unpaired) electrons. The molecule has 0 fully saturated rings. The van der Waals surface area contributed by atoms with Gasteiger partial charge in [-0.15, -0.1) is 0 Å². The number of nitrogens with zero attached hydrogens (tertiary/aromatic N) is 10. The molecule has 0 saturated carbocycles. The number of hydrogen-bond donors (Lipinski definition) is 0. The van der Waals surface area contributed by atoms with Crippen molar-refractivity contribution in [2.24, 2.45) is 0 Å². The van der Waals surface area contributed by atoms with Crippen molar-refractivity contribution in [1.29, 1.82) is 0 Å². The predicted molar refractivity (Wildman–Crippen MR) is 408 cm³/mol. The number of benzene rings is 11. The van der Waals surface area contributed by atoms with Gasteiger partial charge >= 0.3 is 0 Å². The number of fused-ring (bicyclic) bond motifs is 9. The minimum Gasteiger partial charge on any atom is -0.305 e. The average Bonchev–Trinajstić information content (AvgIpc) is 1.58. The van der Waals surface area contributed by atoms with E-state index in [-0.39, 0.29) is 16.2 Å². The summed E-state index contributed by atoms with van der Waals surface area (Å²) in [6.07, 6.45) is 0. The Balaban J connectivity index is 1.06. The standard InChI is InChI=1S/C89H72N10/c1-87(2,3)60-43-47-75-68(51-60)63-36-22-25-39-72(63)97(75)78-54-67(79(98-73-40-26-23-37-64(73)69-52-61(88(4,5)6)44-48-76(69)98)86(90-78)99-74-41-27-24-38-65(74)70-53-62(89(7,8)9)45-49-77(70)99)59-42-46-66(84-93-80(55-28-14-10-15-29-55)91-81(94-84)56-30-16-11-17-31-56)71(50-59)85-95-82(57-32-18-12-19-33-57)92-83(96-85)58-34-20-13-21-35-58/h10-54H,1-9H3. The van der Waals surface area contributed by atoms with Crippen molar-refractivity contribution in [2.45, 2.75) is 78.6 Å². The lowest BCUT2D eigenvalue weighted by atomic mass is 9.86. The highest BCUT2D eigenvalue weighted by Crippen LogP contribution is 2.47. The third-order valence-electron chi connectivity index (χ3n) is 19.5. The zero-order chi connectivity index (χ0) is 67.5. The topological polar surface area (TPSA) is 105 Å². The normalized spacial score (nSPS) is 12.3. The lowest BCUT2D eigenvalue weighted by Crippen LogP contribution is -2.13. The fourth-order valence-electron chi connectivity index (χ4n) is 14.2. The molecule has 0 amide bonds. The molecular formula is C89H72N10. The van der Waals surface area contributed by atoms with Gasteiger partial charge in [0, 0.05) is 71.3 Å². The fourth-order valence-corrected chi connectivity index (χ4v) is 14.2. The third kappa shape index (κ3) is 10.6. The second kappa shape index (κ2) is 23.4. The van der Waals surface area contributed by atoms with Gasteiger partial charge in [-0.1, -0.05) is 263 Å². The van der Waals surface area contributed by atoms with E-state index in [2.05, 4.69) is 252 Å². The Morgan fingerprint density at radius 2 is 0.545 bits per heavy atom. The summed E-state index contributed by atoms with van der Waals surface area (Å²) >= 11 is 0. The van der Waals surface area contributed by atoms with E-state index < -0.39 is 0 Å². The quantitative estimate of drug-likeness (QED) is 0.134. The van der Waals surface area contributed by atoms with E-state index in [0.29, 0.717) is 46.1 Å². The van der Waals surface area contributed by atoms with Gasteiger partial charge in [-0.05, 0) is 111 Å². The number of para-hydroxylation sites is 3. The van der Waals surface area contributed by atoms with Gasteiger partial charge in [0.05, 0.1) is 38.8 Å². The van der Waals surface area contributed by atoms with Crippen LogP contribution in [-0.2, 0) is 16.2 Å². The van der Waals surface area contributed by atoms with Gasteiger partial charge in [-0.25, -0.2) is 34.9 Å². The molecule has 99 heavy (non-hydrogen) atoms. The maximum absolute atomic E-state index is 6.27.